The van der Waals surface area contributed by atoms with E-state index in [9.17, 15) is 30.3 Å². The average molecular weight is 404 g/mol. The molecule has 1 heterocycles. The molecule has 3 aromatic rings. The van der Waals surface area contributed by atoms with Crippen LogP contribution in [0.4, 0.5) is 22.7 Å². The summed E-state index contributed by atoms with van der Waals surface area (Å²) in [6, 6.07) is 9.53. The second-order valence-corrected chi connectivity index (χ2v) is 6.87. The van der Waals surface area contributed by atoms with Crippen LogP contribution >= 0.6 is 0 Å². The lowest BCUT2D eigenvalue weighted by molar-refractivity contribution is -0.404. The molecule has 12 nitrogen and oxygen atoms in total. The smallest absolute Gasteiger partial charge is 0.324 e. The predicted molar refractivity (Wildman–Crippen MR) is 106 cm³/mol. The Hall–Kier alpha value is -4.06. The maximum Gasteiger partial charge on any atom is 0.324 e. The minimum Gasteiger partial charge on any atom is -0.497 e. The van der Waals surface area contributed by atoms with Gasteiger partial charge in [0.15, 0.2) is 0 Å². The van der Waals surface area contributed by atoms with Crippen molar-refractivity contribution < 1.29 is 19.9 Å². The molecule has 0 saturated heterocycles. The average Bonchev–Trinajstić information content (AvgIpc) is 3.08. The first-order chi connectivity index (χ1) is 13.4. The number of nitro benzene ring substituents is 3. The summed E-state index contributed by atoms with van der Waals surface area (Å²) < 4.78 is 0.862. The molecule has 0 aliphatic rings. The van der Waals surface area contributed by atoms with Crippen LogP contribution in [0.15, 0.2) is 42.6 Å². The molecule has 0 fully saturated rings. The van der Waals surface area contributed by atoms with Crippen molar-refractivity contribution in [3.63, 3.8) is 0 Å². The van der Waals surface area contributed by atoms with Crippen LogP contribution in [0.5, 0.6) is 5.75 Å². The van der Waals surface area contributed by atoms with Crippen molar-refractivity contribution in [2.45, 2.75) is 0 Å². The highest BCUT2D eigenvalue weighted by Crippen LogP contribution is 2.38. The van der Waals surface area contributed by atoms with Gasteiger partial charge in [0.05, 0.1) is 48.0 Å². The zero-order valence-corrected chi connectivity index (χ0v) is 15.7. The zero-order chi connectivity index (χ0) is 21.9. The number of aromatic hydroxyl groups is 1. The third kappa shape index (κ3) is 4.81. The van der Waals surface area contributed by atoms with E-state index < -0.39 is 37.6 Å². The number of benzene rings is 2. The Morgan fingerprint density at radius 3 is 1.86 bits per heavy atom. The Labute approximate surface area is 163 Å². The summed E-state index contributed by atoms with van der Waals surface area (Å²) in [5.74, 6) is -1.21. The normalized spacial score (nSPS) is 10.9. The number of aromatic amines is 1. The number of phenolic OH excluding ortho intramolecular Hbond substituents is 1. The van der Waals surface area contributed by atoms with Crippen molar-refractivity contribution >= 4 is 33.7 Å². The van der Waals surface area contributed by atoms with Gasteiger partial charge in [-0.3, -0.25) is 34.8 Å². The predicted octanol–water partition coefficient (Wildman–Crippen LogP) is 3.48. The topological polar surface area (TPSA) is 165 Å². The Balaban J connectivity index is 0.000000211. The minimum atomic E-state index is -1.21. The summed E-state index contributed by atoms with van der Waals surface area (Å²) >= 11 is 0. The molecule has 0 bridgehead atoms. The zero-order valence-electron chi connectivity index (χ0n) is 15.7. The number of aromatic nitrogens is 1. The van der Waals surface area contributed by atoms with Crippen molar-refractivity contribution in [3.05, 3.63) is 72.9 Å². The Kier molecular flexibility index (Phi) is 5.78. The summed E-state index contributed by atoms with van der Waals surface area (Å²) in [6.07, 6.45) is 1.98. The van der Waals surface area contributed by atoms with Crippen molar-refractivity contribution in [1.82, 2.24) is 9.47 Å². The number of rotatable bonds is 4. The molecule has 0 unspecified atom stereocenters. The van der Waals surface area contributed by atoms with Gasteiger partial charge in [0.2, 0.25) is 0 Å². The van der Waals surface area contributed by atoms with E-state index in [0.717, 1.165) is 4.48 Å². The van der Waals surface area contributed by atoms with Crippen LogP contribution in [0, 0.1) is 30.3 Å². The highest BCUT2D eigenvalue weighted by atomic mass is 16.6. The van der Waals surface area contributed by atoms with Crippen LogP contribution in [0.3, 0.4) is 0 Å². The quantitative estimate of drug-likeness (QED) is 0.381. The van der Waals surface area contributed by atoms with E-state index in [2.05, 4.69) is 50.4 Å². The molecule has 0 aliphatic carbocycles. The van der Waals surface area contributed by atoms with Gasteiger partial charge in [-0.05, 0) is 12.1 Å². The number of hydrogen-bond donors (Lipinski definition) is 2. The largest absolute Gasteiger partial charge is 0.497 e. The van der Waals surface area contributed by atoms with Gasteiger partial charge >= 0.3 is 11.4 Å². The maximum absolute atomic E-state index is 10.4. The van der Waals surface area contributed by atoms with Gasteiger partial charge in [-0.15, -0.1) is 0 Å². The lowest BCUT2D eigenvalue weighted by Crippen LogP contribution is -2.34. The molecule has 3 rings (SSSR count). The highest BCUT2D eigenvalue weighted by molar-refractivity contribution is 5.82. The molecule has 1 aromatic heterocycles. The molecule has 0 amide bonds. The molecule has 0 atom stereocenters. The fourth-order valence-electron chi connectivity index (χ4n) is 2.43. The van der Waals surface area contributed by atoms with Gasteiger partial charge in [0.25, 0.3) is 11.4 Å². The van der Waals surface area contributed by atoms with Gasteiger partial charge in [0.1, 0.15) is 5.69 Å². The summed E-state index contributed by atoms with van der Waals surface area (Å²) in [7, 11) is 6.52. The SMILES string of the molecule is C[N+](C)(C)c1ccc2[nH]ccc2c1.O=[N+]([O-])c1cc([N+](=O)[O-])c(O)c([N+](=O)[O-])c1. The van der Waals surface area contributed by atoms with Crippen molar-refractivity contribution in [2.75, 3.05) is 21.1 Å². The third-order valence-corrected chi connectivity index (χ3v) is 3.97. The maximum atomic E-state index is 10.4. The molecule has 2 N–H and O–H groups in total. The van der Waals surface area contributed by atoms with Crippen LogP contribution < -0.4 is 4.48 Å². The first kappa shape index (κ1) is 21.2. The molecule has 0 saturated carbocycles. The van der Waals surface area contributed by atoms with Gasteiger partial charge in [0, 0.05) is 29.2 Å². The van der Waals surface area contributed by atoms with Crippen LogP contribution in [0.1, 0.15) is 0 Å². The number of H-pyrrole nitrogens is 1. The first-order valence-electron chi connectivity index (χ1n) is 8.11. The molecule has 0 aliphatic heterocycles. The number of fused-ring (bicyclic) bond motifs is 1. The molecule has 152 valence electrons. The summed E-state index contributed by atoms with van der Waals surface area (Å²) in [5.41, 5.74) is -0.470. The number of nitro groups is 3. The second kappa shape index (κ2) is 7.90. The van der Waals surface area contributed by atoms with Gasteiger partial charge in [-0.25, -0.2) is 0 Å². The molecule has 0 radical (unpaired) electrons. The lowest BCUT2D eigenvalue weighted by Gasteiger charge is -2.23. The molecule has 0 spiro atoms. The van der Waals surface area contributed by atoms with Crippen molar-refractivity contribution in [2.24, 2.45) is 0 Å². The molecule has 12 heteroatoms. The van der Waals surface area contributed by atoms with Crippen LogP contribution in [0.2, 0.25) is 0 Å². The van der Waals surface area contributed by atoms with E-state index in [1.54, 1.807) is 0 Å². The lowest BCUT2D eigenvalue weighted by atomic mass is 10.2. The number of quaternary nitrogens is 1. The van der Waals surface area contributed by atoms with E-state index >= 15 is 0 Å². The first-order valence-corrected chi connectivity index (χ1v) is 8.11. The fourth-order valence-corrected chi connectivity index (χ4v) is 2.43. The number of non-ortho nitro benzene ring substituents is 1. The van der Waals surface area contributed by atoms with Crippen molar-refractivity contribution in [3.8, 4) is 5.75 Å². The van der Waals surface area contributed by atoms with E-state index in [4.69, 9.17) is 5.11 Å². The Morgan fingerprint density at radius 1 is 0.862 bits per heavy atom. The van der Waals surface area contributed by atoms with Gasteiger partial charge < -0.3 is 10.1 Å². The van der Waals surface area contributed by atoms with Crippen LogP contribution in [0.25, 0.3) is 10.9 Å². The standard InChI is InChI=1S/C11H15N2.C6H3N3O7/c1-13(2,3)10-4-5-11-9(8-10)6-7-12-11;10-6-4(8(13)14)1-3(7(11)12)2-5(6)9(15)16/h4-8,12H,1-3H3;1-2,10H/q+1;. The molecular formula is C17H18N5O7+. The number of phenols is 1. The van der Waals surface area contributed by atoms with Gasteiger partial charge in [-0.1, -0.05) is 0 Å². The summed E-state index contributed by atoms with van der Waals surface area (Å²) in [6.45, 7) is 0. The molecular weight excluding hydrogens is 386 g/mol. The van der Waals surface area contributed by atoms with Crippen molar-refractivity contribution in [1.29, 1.82) is 0 Å². The highest BCUT2D eigenvalue weighted by Gasteiger charge is 2.30. The monoisotopic (exact) mass is 404 g/mol. The Morgan fingerprint density at radius 2 is 1.41 bits per heavy atom. The van der Waals surface area contributed by atoms with Gasteiger partial charge in [-0.2, -0.15) is 0 Å². The van der Waals surface area contributed by atoms with Crippen LogP contribution in [-0.2, 0) is 0 Å². The van der Waals surface area contributed by atoms with E-state index in [1.807, 2.05) is 6.20 Å². The van der Waals surface area contributed by atoms with E-state index in [0.29, 0.717) is 12.1 Å². The number of nitrogens with one attached hydrogen (secondary N) is 1. The van der Waals surface area contributed by atoms with E-state index in [-0.39, 0.29) is 0 Å². The number of hydrogen-bond acceptors (Lipinski definition) is 7. The second-order valence-electron chi connectivity index (χ2n) is 6.87. The number of nitrogens with zero attached hydrogens (tertiary/aromatic N) is 4. The summed E-state index contributed by atoms with van der Waals surface area (Å²) in [5, 5.41) is 41.5. The summed E-state index contributed by atoms with van der Waals surface area (Å²) in [4.78, 5) is 31.0. The molecule has 2 aromatic carbocycles. The molecule has 29 heavy (non-hydrogen) atoms. The van der Waals surface area contributed by atoms with Crippen LogP contribution in [-0.4, -0.2) is 46.0 Å². The minimum absolute atomic E-state index is 0.447. The van der Waals surface area contributed by atoms with E-state index in [1.165, 1.54) is 16.6 Å². The fraction of sp³-hybridized carbons (Fsp3) is 0.176. The third-order valence-electron chi connectivity index (χ3n) is 3.97. The Bertz CT molecular complexity index is 1070.